The van der Waals surface area contributed by atoms with Crippen LogP contribution in [0.15, 0.2) is 17.1 Å². The van der Waals surface area contributed by atoms with Gasteiger partial charge in [0, 0.05) is 20.0 Å². The van der Waals surface area contributed by atoms with Crippen LogP contribution in [0.4, 0.5) is 0 Å². The van der Waals surface area contributed by atoms with Gasteiger partial charge in [-0.25, -0.2) is 0 Å². The number of hydrogen-bond acceptors (Lipinski definition) is 3. The van der Waals surface area contributed by atoms with Crippen molar-refractivity contribution in [1.82, 2.24) is 4.90 Å². The highest BCUT2D eigenvalue weighted by atomic mass is 15.2. The fraction of sp³-hybridized carbons (Fsp3) is 0.636. The summed E-state index contributed by atoms with van der Waals surface area (Å²) in [6.45, 7) is 2.04. The lowest BCUT2D eigenvalue weighted by atomic mass is 9.72. The number of fused-ring (bicyclic) bond motifs is 1. The average molecular weight is 189 g/mol. The largest absolute Gasteiger partial charge is 0.366 e. The number of amidine groups is 1. The van der Waals surface area contributed by atoms with Crippen molar-refractivity contribution in [3.63, 3.8) is 0 Å². The Balaban J connectivity index is 2.40. The summed E-state index contributed by atoms with van der Waals surface area (Å²) in [5.74, 6) is 1.50. The minimum absolute atomic E-state index is 0.0428. The van der Waals surface area contributed by atoms with Crippen molar-refractivity contribution >= 4 is 5.84 Å². The maximum absolute atomic E-state index is 9.04. The Labute approximate surface area is 84.7 Å². The maximum Gasteiger partial charge on any atom is 0.106 e. The van der Waals surface area contributed by atoms with Gasteiger partial charge in [-0.15, -0.1) is 0 Å². The zero-order chi connectivity index (χ0) is 10.3. The Morgan fingerprint density at radius 1 is 1.64 bits per heavy atom. The molecule has 0 saturated carbocycles. The van der Waals surface area contributed by atoms with Crippen LogP contribution in [-0.2, 0) is 0 Å². The summed E-state index contributed by atoms with van der Waals surface area (Å²) in [4.78, 5) is 6.72. The second kappa shape index (κ2) is 2.84. The summed E-state index contributed by atoms with van der Waals surface area (Å²) in [6.07, 6.45) is 5.19. The van der Waals surface area contributed by atoms with Gasteiger partial charge in [0.05, 0.1) is 17.5 Å². The Morgan fingerprint density at radius 3 is 2.86 bits per heavy atom. The number of hydrogen-bond donors (Lipinski definition) is 0. The highest BCUT2D eigenvalue weighted by Gasteiger charge is 2.43. The smallest absolute Gasteiger partial charge is 0.106 e. The van der Waals surface area contributed by atoms with Crippen LogP contribution >= 0.6 is 0 Å². The lowest BCUT2D eigenvalue weighted by Gasteiger charge is -2.42. The molecule has 0 spiro atoms. The van der Waals surface area contributed by atoms with Gasteiger partial charge < -0.3 is 4.90 Å². The van der Waals surface area contributed by atoms with Crippen molar-refractivity contribution in [1.29, 1.82) is 5.26 Å². The van der Waals surface area contributed by atoms with Crippen LogP contribution in [0.3, 0.4) is 0 Å². The van der Waals surface area contributed by atoms with Gasteiger partial charge in [-0.2, -0.15) is 5.26 Å². The van der Waals surface area contributed by atoms with Crippen molar-refractivity contribution in [2.45, 2.75) is 18.9 Å². The highest BCUT2D eigenvalue weighted by Crippen LogP contribution is 2.40. The molecule has 1 aliphatic carbocycles. The SMILES string of the molecule is CN(C)C1=N[C@@]2(C)C=C[C@@H]1C[C@H]2C#N. The molecule has 0 aromatic heterocycles. The Morgan fingerprint density at radius 2 is 2.36 bits per heavy atom. The van der Waals surface area contributed by atoms with E-state index in [0.29, 0.717) is 5.92 Å². The van der Waals surface area contributed by atoms with Gasteiger partial charge in [0.25, 0.3) is 0 Å². The van der Waals surface area contributed by atoms with E-state index in [4.69, 9.17) is 5.26 Å². The summed E-state index contributed by atoms with van der Waals surface area (Å²) < 4.78 is 0. The van der Waals surface area contributed by atoms with Crippen LogP contribution in [0.25, 0.3) is 0 Å². The van der Waals surface area contributed by atoms with Crippen molar-refractivity contribution in [3.05, 3.63) is 12.2 Å². The second-order valence-electron chi connectivity index (χ2n) is 4.47. The lowest BCUT2D eigenvalue weighted by Crippen LogP contribution is -2.46. The maximum atomic E-state index is 9.04. The van der Waals surface area contributed by atoms with Gasteiger partial charge in [-0.3, -0.25) is 4.99 Å². The van der Waals surface area contributed by atoms with E-state index < -0.39 is 0 Å². The van der Waals surface area contributed by atoms with Crippen molar-refractivity contribution in [3.8, 4) is 6.07 Å². The fourth-order valence-corrected chi connectivity index (χ4v) is 2.25. The van der Waals surface area contributed by atoms with Crippen molar-refractivity contribution < 1.29 is 0 Å². The summed E-state index contributed by atoms with van der Waals surface area (Å²) >= 11 is 0. The molecule has 3 nitrogen and oxygen atoms in total. The van der Waals surface area contributed by atoms with Crippen LogP contribution in [0.5, 0.6) is 0 Å². The number of rotatable bonds is 0. The van der Waals surface area contributed by atoms with E-state index >= 15 is 0 Å². The minimum Gasteiger partial charge on any atom is -0.366 e. The third kappa shape index (κ3) is 1.14. The summed E-state index contributed by atoms with van der Waals surface area (Å²) in [5.41, 5.74) is -0.289. The quantitative estimate of drug-likeness (QED) is 0.541. The van der Waals surface area contributed by atoms with Crippen molar-refractivity contribution in [2.24, 2.45) is 16.8 Å². The topological polar surface area (TPSA) is 39.4 Å². The second-order valence-corrected chi connectivity index (χ2v) is 4.47. The Hall–Kier alpha value is -1.30. The van der Waals surface area contributed by atoms with Crippen LogP contribution in [0, 0.1) is 23.2 Å². The molecule has 3 rings (SSSR count). The number of nitriles is 1. The van der Waals surface area contributed by atoms with Crippen LogP contribution in [0.1, 0.15) is 13.3 Å². The molecule has 0 unspecified atom stereocenters. The molecule has 3 atom stereocenters. The van der Waals surface area contributed by atoms with Gasteiger partial charge in [0.1, 0.15) is 5.84 Å². The molecule has 0 amide bonds. The summed E-state index contributed by atoms with van der Waals surface area (Å²) in [6, 6.07) is 2.36. The number of aliphatic imine (C=N–C) groups is 1. The third-order valence-electron chi connectivity index (χ3n) is 3.16. The lowest BCUT2D eigenvalue weighted by molar-refractivity contribution is 0.333. The van der Waals surface area contributed by atoms with Crippen LogP contribution in [0.2, 0.25) is 0 Å². The van der Waals surface area contributed by atoms with Gasteiger partial charge in [-0.1, -0.05) is 12.2 Å². The molecule has 74 valence electrons. The average Bonchev–Trinajstić information content (AvgIpc) is 2.16. The molecular weight excluding hydrogens is 174 g/mol. The molecule has 2 aliphatic heterocycles. The normalized spacial score (nSPS) is 39.1. The Kier molecular flexibility index (Phi) is 1.88. The van der Waals surface area contributed by atoms with E-state index in [-0.39, 0.29) is 11.5 Å². The molecule has 3 aliphatic rings. The van der Waals surface area contributed by atoms with Crippen LogP contribution in [-0.4, -0.2) is 30.4 Å². The van der Waals surface area contributed by atoms with E-state index in [1.165, 1.54) is 0 Å². The molecule has 0 N–H and O–H groups in total. The predicted octanol–water partition coefficient (Wildman–Crippen LogP) is 1.43. The van der Waals surface area contributed by atoms with E-state index in [2.05, 4.69) is 28.1 Å². The van der Waals surface area contributed by atoms with Crippen LogP contribution < -0.4 is 0 Å². The predicted molar refractivity (Wildman–Crippen MR) is 55.9 cm³/mol. The zero-order valence-electron chi connectivity index (χ0n) is 8.86. The van der Waals surface area contributed by atoms with Gasteiger partial charge in [-0.05, 0) is 13.3 Å². The zero-order valence-corrected chi connectivity index (χ0v) is 8.86. The van der Waals surface area contributed by atoms with Gasteiger partial charge in [0.2, 0.25) is 0 Å². The first-order valence-corrected chi connectivity index (χ1v) is 4.93. The highest BCUT2D eigenvalue weighted by molar-refractivity contribution is 5.88. The standard InChI is InChI=1S/C11H15N3/c1-11-5-4-8(6-9(11)7-12)10(13-11)14(2)3/h4-5,8-9H,6H2,1-3H3/t8-,9+,11+/m1/s1. The van der Waals surface area contributed by atoms with E-state index in [1.807, 2.05) is 21.0 Å². The molecule has 2 bridgehead atoms. The van der Waals surface area contributed by atoms with E-state index in [1.54, 1.807) is 0 Å². The first-order valence-electron chi connectivity index (χ1n) is 4.93. The van der Waals surface area contributed by atoms with Gasteiger partial charge >= 0.3 is 0 Å². The first-order chi connectivity index (χ1) is 6.57. The van der Waals surface area contributed by atoms with E-state index in [9.17, 15) is 0 Å². The monoisotopic (exact) mass is 189 g/mol. The van der Waals surface area contributed by atoms with E-state index in [0.717, 1.165) is 12.3 Å². The molecule has 0 saturated heterocycles. The molecular formula is C11H15N3. The van der Waals surface area contributed by atoms with Gasteiger partial charge in [0.15, 0.2) is 0 Å². The first kappa shape index (κ1) is 9.26. The summed E-state index contributed by atoms with van der Waals surface area (Å²) in [5, 5.41) is 9.04. The summed E-state index contributed by atoms with van der Waals surface area (Å²) in [7, 11) is 4.02. The van der Waals surface area contributed by atoms with Crippen molar-refractivity contribution in [2.75, 3.05) is 14.1 Å². The molecule has 0 aromatic rings. The molecule has 0 radical (unpaired) electrons. The Bertz CT molecular complexity index is 348. The molecule has 3 heteroatoms. The third-order valence-corrected chi connectivity index (χ3v) is 3.16. The molecule has 0 aromatic carbocycles. The number of nitrogens with zero attached hydrogens (tertiary/aromatic N) is 3. The molecule has 14 heavy (non-hydrogen) atoms. The molecule has 2 heterocycles. The molecule has 0 fully saturated rings. The number of dihydropyridines is 1. The fourth-order valence-electron chi connectivity index (χ4n) is 2.25. The minimum atomic E-state index is -0.289.